The summed E-state index contributed by atoms with van der Waals surface area (Å²) < 4.78 is 48.0. The van der Waals surface area contributed by atoms with Crippen molar-refractivity contribution in [3.05, 3.63) is 103 Å². The van der Waals surface area contributed by atoms with Gasteiger partial charge in [0.1, 0.15) is 0 Å². The Morgan fingerprint density at radius 3 is 1.67 bits per heavy atom. The predicted molar refractivity (Wildman–Crippen MR) is 227 cm³/mol. The fourth-order valence-corrected chi connectivity index (χ4v) is 29.6. The van der Waals surface area contributed by atoms with Crippen LogP contribution in [0.15, 0.2) is 108 Å². The van der Waals surface area contributed by atoms with Gasteiger partial charge in [0.25, 0.3) is 0 Å². The Balaban J connectivity index is 1.79. The number of hydrogen-bond acceptors (Lipinski definition) is 4. The molecule has 3 aromatic rings. The van der Waals surface area contributed by atoms with Crippen molar-refractivity contribution in [2.24, 2.45) is 11.3 Å². The molecule has 0 aliphatic heterocycles. The van der Waals surface area contributed by atoms with Gasteiger partial charge in [-0.1, -0.05) is 0 Å². The summed E-state index contributed by atoms with van der Waals surface area (Å²) in [7, 11) is -6.39. The molecule has 7 heteroatoms. The van der Waals surface area contributed by atoms with Gasteiger partial charge in [-0.05, 0) is 0 Å². The van der Waals surface area contributed by atoms with Crippen molar-refractivity contribution in [3.63, 3.8) is 0 Å². The summed E-state index contributed by atoms with van der Waals surface area (Å²) >= 11 is -2.60. The van der Waals surface area contributed by atoms with E-state index in [2.05, 4.69) is 122 Å². The Bertz CT molecular complexity index is 1580. The molecule has 0 radical (unpaired) electrons. The molecule has 0 saturated heterocycles. The first kappa shape index (κ1) is 43.0. The normalized spacial score (nSPS) is 20.1. The maximum absolute atomic E-state index is 14.1. The number of ether oxygens (including phenoxy) is 1. The molecule has 286 valence electrons. The minimum atomic E-state index is -3.55. The van der Waals surface area contributed by atoms with Crippen LogP contribution in [0.4, 0.5) is 0 Å². The molecule has 0 bridgehead atoms. The summed E-state index contributed by atoms with van der Waals surface area (Å²) in [5.74, 6) is 0.119. The Hall–Kier alpha value is -1.71. The van der Waals surface area contributed by atoms with Crippen LogP contribution < -0.4 is 10.4 Å². The molecule has 0 amide bonds. The molecule has 3 atom stereocenters. The molecule has 0 spiro atoms. The van der Waals surface area contributed by atoms with Gasteiger partial charge in [-0.2, -0.15) is 0 Å². The van der Waals surface area contributed by atoms with Crippen molar-refractivity contribution in [2.75, 3.05) is 17.0 Å². The van der Waals surface area contributed by atoms with Crippen molar-refractivity contribution >= 4 is 46.9 Å². The van der Waals surface area contributed by atoms with E-state index in [4.69, 9.17) is 9.16 Å². The van der Waals surface area contributed by atoms with Crippen LogP contribution >= 0.6 is 0 Å². The summed E-state index contributed by atoms with van der Waals surface area (Å²) in [4.78, 5) is 0.392. The van der Waals surface area contributed by atoms with Gasteiger partial charge in [0, 0.05) is 0 Å². The average molecular weight is 852 g/mol. The van der Waals surface area contributed by atoms with Crippen LogP contribution in [-0.2, 0) is 19.0 Å². The summed E-state index contributed by atoms with van der Waals surface area (Å²) in [5, 5.41) is 2.36. The van der Waals surface area contributed by atoms with Crippen LogP contribution in [0.2, 0.25) is 18.3 Å². The van der Waals surface area contributed by atoms with E-state index >= 15 is 0 Å². The summed E-state index contributed by atoms with van der Waals surface area (Å²) in [5.41, 5.74) is 0.504. The van der Waals surface area contributed by atoms with Gasteiger partial charge < -0.3 is 0 Å². The zero-order chi connectivity index (χ0) is 37.9. The minimum absolute atomic E-state index is 0.0578. The molecule has 0 fully saturated rings. The van der Waals surface area contributed by atoms with E-state index in [-0.39, 0.29) is 22.8 Å². The molecule has 4 rings (SSSR count). The summed E-state index contributed by atoms with van der Waals surface area (Å²) in [6.07, 6.45) is 10.5. The topological polar surface area (TPSA) is 52.6 Å². The van der Waals surface area contributed by atoms with E-state index in [0.29, 0.717) is 11.5 Å². The Labute approximate surface area is 323 Å². The standard InChI is InChI=1S/C33H41O4SSi.3C4H9.Sn/c1-26-22-28(23-27(24-36-6)33(26,5)25-38(34,35)29-16-10-7-11-17-29)37-39(32(2,3)4,30-18-12-8-13-19-30)31-20-14-9-15-21-31;3*1-3-4-2;/h7-21,23,26,28H,6,22,24-25H2,1-5H3;3*1,3-4H2,2H3;/t26-,28+,33+;;;;/m1..../s1. The molecule has 4 nitrogen and oxygen atoms in total. The van der Waals surface area contributed by atoms with Gasteiger partial charge in [-0.3, -0.25) is 0 Å². The molecule has 52 heavy (non-hydrogen) atoms. The molecule has 3 aromatic carbocycles. The molecule has 0 heterocycles. The van der Waals surface area contributed by atoms with Crippen LogP contribution in [-0.4, -0.2) is 58.2 Å². The second kappa shape index (κ2) is 19.2. The molecular weight excluding hydrogens is 783 g/mol. The van der Waals surface area contributed by atoms with Crippen molar-refractivity contribution in [2.45, 2.75) is 130 Å². The van der Waals surface area contributed by atoms with Crippen molar-refractivity contribution in [1.82, 2.24) is 0 Å². The van der Waals surface area contributed by atoms with Crippen LogP contribution in [0.5, 0.6) is 0 Å². The number of sulfone groups is 1. The van der Waals surface area contributed by atoms with Crippen LogP contribution in [0.25, 0.3) is 0 Å². The van der Waals surface area contributed by atoms with Crippen LogP contribution in [0.3, 0.4) is 0 Å². The van der Waals surface area contributed by atoms with Crippen molar-refractivity contribution in [1.29, 1.82) is 0 Å². The molecule has 1 aliphatic rings. The molecule has 0 saturated carbocycles. The monoisotopic (exact) mass is 852 g/mol. The fraction of sp³-hybridized carbons (Fsp3) is 0.556. The zero-order valence-electron chi connectivity index (χ0n) is 33.6. The number of rotatable bonds is 20. The average Bonchev–Trinajstić information content (AvgIpc) is 3.13. The predicted octanol–water partition coefficient (Wildman–Crippen LogP) is 10.8. The quantitative estimate of drug-likeness (QED) is 0.0839. The number of hydrogen-bond donors (Lipinski definition) is 0. The van der Waals surface area contributed by atoms with Crippen molar-refractivity contribution in [3.8, 4) is 0 Å². The van der Waals surface area contributed by atoms with E-state index in [1.807, 2.05) is 18.2 Å². The fourth-order valence-electron chi connectivity index (χ4n) is 8.59. The first-order valence-corrected chi connectivity index (χ1v) is 31.8. The van der Waals surface area contributed by atoms with Gasteiger partial charge in [0.05, 0.1) is 0 Å². The van der Waals surface area contributed by atoms with Gasteiger partial charge in [-0.15, -0.1) is 0 Å². The van der Waals surface area contributed by atoms with E-state index in [1.54, 1.807) is 12.1 Å². The Kier molecular flexibility index (Phi) is 15.9. The van der Waals surface area contributed by atoms with Crippen molar-refractivity contribution < 1.29 is 17.6 Å². The third-order valence-electron chi connectivity index (χ3n) is 12.0. The first-order valence-electron chi connectivity index (χ1n) is 20.1. The first-order chi connectivity index (χ1) is 24.8. The molecule has 0 N–H and O–H groups in total. The SMILES string of the molecule is CCC[CH2][Sn]([CH2]CCC)([CH2]CCC)[CH2]OCC1=C[C@@H](O[Si](c2ccccc2)(c2ccccc2)C(C)(C)C)C[C@@H](C)[C@]1(C)CS(=O)(=O)c1ccccc1. The second-order valence-corrected chi connectivity index (χ2v) is 36.9. The van der Waals surface area contributed by atoms with Crippen LogP contribution in [0, 0.1) is 11.3 Å². The third-order valence-corrected chi connectivity index (χ3v) is 33.4. The van der Waals surface area contributed by atoms with Gasteiger partial charge in [-0.25, -0.2) is 0 Å². The van der Waals surface area contributed by atoms with Gasteiger partial charge >= 0.3 is 325 Å². The maximum atomic E-state index is 14.1. The van der Waals surface area contributed by atoms with Crippen LogP contribution in [0.1, 0.15) is 100 Å². The summed E-state index contributed by atoms with van der Waals surface area (Å²) in [6, 6.07) is 30.7. The third kappa shape index (κ3) is 10.3. The zero-order valence-corrected chi connectivity index (χ0v) is 38.3. The molecule has 1 aliphatic carbocycles. The Morgan fingerprint density at radius 1 is 0.769 bits per heavy atom. The second-order valence-electron chi connectivity index (χ2n) is 16.9. The van der Waals surface area contributed by atoms with E-state index < -0.39 is 41.9 Å². The van der Waals surface area contributed by atoms with E-state index in [1.165, 1.54) is 62.2 Å². The van der Waals surface area contributed by atoms with E-state index in [0.717, 1.165) is 16.6 Å². The molecule has 0 unspecified atom stereocenters. The molecular formula is C45H68O4SSiSn. The Morgan fingerprint density at radius 2 is 1.23 bits per heavy atom. The van der Waals surface area contributed by atoms with E-state index in [9.17, 15) is 8.42 Å². The number of unbranched alkanes of at least 4 members (excludes halogenated alkanes) is 3. The number of benzene rings is 3. The van der Waals surface area contributed by atoms with Gasteiger partial charge in [0.2, 0.25) is 0 Å². The summed E-state index contributed by atoms with van der Waals surface area (Å²) in [6.45, 7) is 18.8. The molecule has 0 aromatic heterocycles. The van der Waals surface area contributed by atoms with Gasteiger partial charge in [0.15, 0.2) is 0 Å².